The molecule has 2 aromatic rings. The molecule has 33 heavy (non-hydrogen) atoms. The van der Waals surface area contributed by atoms with Crippen molar-refractivity contribution in [2.45, 2.75) is 70.4 Å². The lowest BCUT2D eigenvalue weighted by Gasteiger charge is -2.35. The molecule has 1 atom stereocenters. The lowest BCUT2D eigenvalue weighted by Crippen LogP contribution is -2.44. The second-order valence-electron chi connectivity index (χ2n) is 9.85. The molecule has 176 valence electrons. The molecule has 0 amide bonds. The van der Waals surface area contributed by atoms with Crippen LogP contribution in [0.2, 0.25) is 0 Å². The highest BCUT2D eigenvalue weighted by atomic mass is 16.6. The number of nitrogens with one attached hydrogen (secondary N) is 1. The number of carbonyl (C=O) groups is 1. The molecule has 1 aliphatic heterocycles. The number of hydrogen-bond acceptors (Lipinski definition) is 8. The maximum Gasteiger partial charge on any atom is 0.437 e. The van der Waals surface area contributed by atoms with Crippen molar-refractivity contribution in [2.24, 2.45) is 0 Å². The molecule has 2 fully saturated rings. The van der Waals surface area contributed by atoms with Crippen molar-refractivity contribution in [3.63, 3.8) is 0 Å². The first kappa shape index (κ1) is 23.1. The Morgan fingerprint density at radius 3 is 2.76 bits per heavy atom. The third kappa shape index (κ3) is 4.96. The van der Waals surface area contributed by atoms with Crippen LogP contribution in [0.15, 0.2) is 24.4 Å². The molecular formula is C24H32N6O3. The summed E-state index contributed by atoms with van der Waals surface area (Å²) in [5.41, 5.74) is -0.202. The molecule has 4 rings (SSSR count). The number of anilines is 3. The normalized spacial score (nSPS) is 20.3. The van der Waals surface area contributed by atoms with Crippen molar-refractivity contribution in [1.29, 1.82) is 5.26 Å². The van der Waals surface area contributed by atoms with E-state index in [0.717, 1.165) is 43.6 Å². The number of pyridine rings is 1. The first-order valence-electron chi connectivity index (χ1n) is 11.5. The van der Waals surface area contributed by atoms with E-state index in [4.69, 9.17) is 14.5 Å². The summed E-state index contributed by atoms with van der Waals surface area (Å²) >= 11 is 0. The van der Waals surface area contributed by atoms with Crippen LogP contribution in [0.4, 0.5) is 22.2 Å². The van der Waals surface area contributed by atoms with E-state index in [9.17, 15) is 10.1 Å². The zero-order chi connectivity index (χ0) is 23.6. The van der Waals surface area contributed by atoms with E-state index in [1.54, 1.807) is 6.07 Å². The number of hydrogen-bond donors (Lipinski definition) is 1. The van der Waals surface area contributed by atoms with Crippen LogP contribution in [-0.2, 0) is 14.9 Å². The van der Waals surface area contributed by atoms with E-state index in [0.29, 0.717) is 24.8 Å². The van der Waals surface area contributed by atoms with Gasteiger partial charge in [-0.05, 0) is 58.2 Å². The van der Waals surface area contributed by atoms with Gasteiger partial charge in [-0.25, -0.2) is 9.78 Å². The molecule has 1 saturated heterocycles. The zero-order valence-electron chi connectivity index (χ0n) is 19.8. The Morgan fingerprint density at radius 2 is 2.09 bits per heavy atom. The van der Waals surface area contributed by atoms with Gasteiger partial charge >= 0.3 is 6.09 Å². The molecule has 0 spiro atoms. The number of rotatable bonds is 4. The van der Waals surface area contributed by atoms with Gasteiger partial charge in [0, 0.05) is 12.6 Å². The summed E-state index contributed by atoms with van der Waals surface area (Å²) in [4.78, 5) is 19.7. The predicted octanol–water partition coefficient (Wildman–Crippen LogP) is 4.37. The number of morpholine rings is 1. The molecule has 0 aromatic carbocycles. The summed E-state index contributed by atoms with van der Waals surface area (Å²) in [6, 6.07) is 8.43. The van der Waals surface area contributed by atoms with Gasteiger partial charge in [0.1, 0.15) is 23.1 Å². The summed E-state index contributed by atoms with van der Waals surface area (Å²) in [5, 5.41) is 17.5. The quantitative estimate of drug-likeness (QED) is 0.729. The largest absolute Gasteiger partial charge is 0.442 e. The van der Waals surface area contributed by atoms with Crippen LogP contribution >= 0.6 is 0 Å². The highest BCUT2D eigenvalue weighted by Crippen LogP contribution is 2.42. The Balaban J connectivity index is 1.71. The molecular weight excluding hydrogens is 420 g/mol. The lowest BCUT2D eigenvalue weighted by molar-refractivity contribution is 0.0519. The van der Waals surface area contributed by atoms with Crippen molar-refractivity contribution in [1.82, 2.24) is 14.8 Å². The lowest BCUT2D eigenvalue weighted by atomic mass is 9.80. The van der Waals surface area contributed by atoms with Gasteiger partial charge in [0.15, 0.2) is 0 Å². The van der Waals surface area contributed by atoms with Crippen LogP contribution in [0.3, 0.4) is 0 Å². The van der Waals surface area contributed by atoms with Crippen molar-refractivity contribution in [2.75, 3.05) is 30.0 Å². The maximum absolute atomic E-state index is 12.6. The Hall–Kier alpha value is -3.12. The minimum atomic E-state index is -0.639. The van der Waals surface area contributed by atoms with Crippen LogP contribution in [-0.4, -0.2) is 52.3 Å². The zero-order valence-corrected chi connectivity index (χ0v) is 19.8. The second kappa shape index (κ2) is 9.02. The SMILES string of the molecule is C[C@@H]1COCCN1c1cc(C2(C#N)CCCC2)cc(Nc2ccnn2C(=O)OC(C)(C)C)n1. The van der Waals surface area contributed by atoms with Crippen molar-refractivity contribution < 1.29 is 14.3 Å². The fourth-order valence-corrected chi connectivity index (χ4v) is 4.49. The Labute approximate surface area is 194 Å². The van der Waals surface area contributed by atoms with E-state index in [2.05, 4.69) is 28.3 Å². The van der Waals surface area contributed by atoms with Crippen LogP contribution in [0, 0.1) is 11.3 Å². The molecule has 0 radical (unpaired) electrons. The number of ether oxygens (including phenoxy) is 2. The summed E-state index contributed by atoms with van der Waals surface area (Å²) in [6.07, 6.45) is 4.70. The van der Waals surface area contributed by atoms with Gasteiger partial charge < -0.3 is 19.7 Å². The third-order valence-corrected chi connectivity index (χ3v) is 6.16. The minimum Gasteiger partial charge on any atom is -0.442 e. The fourth-order valence-electron chi connectivity index (χ4n) is 4.49. The average Bonchev–Trinajstić information content (AvgIpc) is 3.43. The monoisotopic (exact) mass is 452 g/mol. The number of aromatic nitrogens is 3. The average molecular weight is 453 g/mol. The van der Waals surface area contributed by atoms with Gasteiger partial charge in [-0.2, -0.15) is 10.4 Å². The molecule has 9 nitrogen and oxygen atoms in total. The maximum atomic E-state index is 12.6. The minimum absolute atomic E-state index is 0.170. The van der Waals surface area contributed by atoms with E-state index in [-0.39, 0.29) is 6.04 Å². The van der Waals surface area contributed by atoms with E-state index < -0.39 is 17.1 Å². The van der Waals surface area contributed by atoms with Gasteiger partial charge in [0.25, 0.3) is 0 Å². The number of carbonyl (C=O) groups excluding carboxylic acids is 1. The molecule has 2 aliphatic rings. The van der Waals surface area contributed by atoms with Crippen LogP contribution in [0.5, 0.6) is 0 Å². The molecule has 1 aliphatic carbocycles. The summed E-state index contributed by atoms with van der Waals surface area (Å²) in [5.74, 6) is 1.82. The topological polar surface area (TPSA) is 105 Å². The van der Waals surface area contributed by atoms with Gasteiger partial charge in [0.05, 0.1) is 36.9 Å². The molecule has 1 saturated carbocycles. The second-order valence-corrected chi connectivity index (χ2v) is 9.85. The van der Waals surface area contributed by atoms with Gasteiger partial charge in [-0.3, -0.25) is 0 Å². The van der Waals surface area contributed by atoms with E-state index in [1.807, 2.05) is 32.9 Å². The molecule has 0 bridgehead atoms. The summed E-state index contributed by atoms with van der Waals surface area (Å²) in [7, 11) is 0. The standard InChI is InChI=1S/C24H32N6O3/c1-17-15-32-12-11-29(17)21-14-18(24(16-25)8-5-6-9-24)13-19(28-21)27-20-7-10-26-30(20)22(31)33-23(2,3)4/h7,10,13-14,17H,5-6,8-9,11-12,15H2,1-4H3,(H,27,28)/t17-/m1/s1. The first-order valence-corrected chi connectivity index (χ1v) is 11.5. The summed E-state index contributed by atoms with van der Waals surface area (Å²) in [6.45, 7) is 9.53. The van der Waals surface area contributed by atoms with Gasteiger partial charge in [-0.1, -0.05) is 12.8 Å². The van der Waals surface area contributed by atoms with Gasteiger partial charge in [0.2, 0.25) is 0 Å². The highest BCUT2D eigenvalue weighted by Gasteiger charge is 2.37. The summed E-state index contributed by atoms with van der Waals surface area (Å²) < 4.78 is 12.3. The predicted molar refractivity (Wildman–Crippen MR) is 125 cm³/mol. The molecule has 1 N–H and O–H groups in total. The number of nitrogens with zero attached hydrogens (tertiary/aromatic N) is 5. The molecule has 0 unspecified atom stereocenters. The van der Waals surface area contributed by atoms with Crippen molar-refractivity contribution >= 4 is 23.5 Å². The Morgan fingerprint density at radius 1 is 1.33 bits per heavy atom. The third-order valence-electron chi connectivity index (χ3n) is 6.16. The van der Waals surface area contributed by atoms with Crippen molar-refractivity contribution in [3.8, 4) is 6.07 Å². The van der Waals surface area contributed by atoms with Crippen LogP contribution in [0.1, 0.15) is 58.9 Å². The highest BCUT2D eigenvalue weighted by molar-refractivity contribution is 5.75. The molecule has 2 aromatic heterocycles. The fraction of sp³-hybridized carbons (Fsp3) is 0.583. The number of nitriles is 1. The van der Waals surface area contributed by atoms with E-state index in [1.165, 1.54) is 10.9 Å². The molecule has 3 heterocycles. The van der Waals surface area contributed by atoms with Gasteiger partial charge in [-0.15, -0.1) is 4.68 Å². The van der Waals surface area contributed by atoms with Crippen molar-refractivity contribution in [3.05, 3.63) is 30.0 Å². The van der Waals surface area contributed by atoms with Crippen LogP contribution in [0.25, 0.3) is 0 Å². The van der Waals surface area contributed by atoms with E-state index >= 15 is 0 Å². The van der Waals surface area contributed by atoms with Crippen LogP contribution < -0.4 is 10.2 Å². The molecule has 9 heteroatoms. The smallest absolute Gasteiger partial charge is 0.437 e. The first-order chi connectivity index (χ1) is 15.7. The Bertz CT molecular complexity index is 1050. The Kier molecular flexibility index (Phi) is 6.30.